The molecule has 0 fully saturated rings. The van der Waals surface area contributed by atoms with Crippen molar-refractivity contribution in [3.63, 3.8) is 0 Å². The van der Waals surface area contributed by atoms with Gasteiger partial charge in [0.1, 0.15) is 0 Å². The highest BCUT2D eigenvalue weighted by Gasteiger charge is 2.14. The lowest BCUT2D eigenvalue weighted by atomic mass is 10.3. The quantitative estimate of drug-likeness (QED) is 0.715. The summed E-state index contributed by atoms with van der Waals surface area (Å²) in [4.78, 5) is 2.31. The molecule has 0 saturated carbocycles. The second-order valence-corrected chi connectivity index (χ2v) is 6.39. The van der Waals surface area contributed by atoms with Gasteiger partial charge < -0.3 is 15.0 Å². The number of hydrogen-bond acceptors (Lipinski definition) is 5. The van der Waals surface area contributed by atoms with Crippen molar-refractivity contribution in [1.29, 1.82) is 0 Å². The van der Waals surface area contributed by atoms with Crippen LogP contribution in [0.1, 0.15) is 0 Å². The summed E-state index contributed by atoms with van der Waals surface area (Å²) in [6.07, 6.45) is 1.23. The highest BCUT2D eigenvalue weighted by molar-refractivity contribution is 7.90. The third kappa shape index (κ3) is 5.18. The summed E-state index contributed by atoms with van der Waals surface area (Å²) in [6.45, 7) is 2.97. The number of nitrogens with zero attached hydrogens (tertiary/aromatic N) is 1. The fraction of sp³-hybridized carbons (Fsp3) is 0.538. The first-order valence-corrected chi connectivity index (χ1v) is 8.06. The van der Waals surface area contributed by atoms with Gasteiger partial charge in [0.05, 0.1) is 17.2 Å². The molecular weight excluding hydrogens is 264 g/mol. The number of nitrogens with one attached hydrogen (secondary N) is 1. The molecule has 0 radical (unpaired) electrons. The number of methoxy groups -OCH3 is 1. The molecule has 0 aliphatic heterocycles. The first-order chi connectivity index (χ1) is 8.96. The number of rotatable bonds is 8. The van der Waals surface area contributed by atoms with Crippen molar-refractivity contribution < 1.29 is 13.2 Å². The van der Waals surface area contributed by atoms with Crippen molar-refractivity contribution in [3.8, 4) is 0 Å². The minimum absolute atomic E-state index is 0.370. The van der Waals surface area contributed by atoms with Crippen LogP contribution in [0.25, 0.3) is 0 Å². The monoisotopic (exact) mass is 286 g/mol. The normalized spacial score (nSPS) is 11.5. The molecule has 1 rings (SSSR count). The number of anilines is 1. The number of likely N-dealkylation sites (N-methyl/N-ethyl adjacent to an activating group) is 1. The fourth-order valence-electron chi connectivity index (χ4n) is 1.75. The first kappa shape index (κ1) is 15.9. The predicted octanol–water partition coefficient (Wildman–Crippen LogP) is 0.762. The maximum absolute atomic E-state index is 11.7. The Morgan fingerprint density at radius 3 is 2.58 bits per heavy atom. The molecule has 0 aliphatic carbocycles. The van der Waals surface area contributed by atoms with E-state index in [0.717, 1.165) is 25.3 Å². The van der Waals surface area contributed by atoms with Gasteiger partial charge in [0.2, 0.25) is 0 Å². The average molecular weight is 286 g/mol. The summed E-state index contributed by atoms with van der Waals surface area (Å²) in [6, 6.07) is 7.05. The molecule has 108 valence electrons. The minimum Gasteiger partial charge on any atom is -0.383 e. The van der Waals surface area contributed by atoms with Gasteiger partial charge in [-0.15, -0.1) is 0 Å². The SMILES string of the molecule is COCCNCCN(C)c1ccccc1S(C)(=O)=O. The third-order valence-corrected chi connectivity index (χ3v) is 3.93. The largest absolute Gasteiger partial charge is 0.383 e. The molecule has 0 bridgehead atoms. The van der Waals surface area contributed by atoms with E-state index in [1.807, 2.05) is 24.1 Å². The number of hydrogen-bond donors (Lipinski definition) is 1. The van der Waals surface area contributed by atoms with E-state index >= 15 is 0 Å². The van der Waals surface area contributed by atoms with Crippen LogP contribution in [-0.4, -0.2) is 55.1 Å². The van der Waals surface area contributed by atoms with Crippen LogP contribution in [0.2, 0.25) is 0 Å². The van der Waals surface area contributed by atoms with Crippen molar-refractivity contribution in [1.82, 2.24) is 5.32 Å². The number of para-hydroxylation sites is 1. The molecule has 5 nitrogen and oxygen atoms in total. The van der Waals surface area contributed by atoms with Gasteiger partial charge in [-0.3, -0.25) is 0 Å². The molecule has 0 spiro atoms. The van der Waals surface area contributed by atoms with Gasteiger partial charge in [-0.25, -0.2) is 8.42 Å². The maximum atomic E-state index is 11.7. The summed E-state index contributed by atoms with van der Waals surface area (Å²) in [5.41, 5.74) is 0.735. The lowest BCUT2D eigenvalue weighted by molar-refractivity contribution is 0.200. The van der Waals surface area contributed by atoms with E-state index < -0.39 is 9.84 Å². The number of ether oxygens (including phenoxy) is 1. The van der Waals surface area contributed by atoms with Gasteiger partial charge in [0, 0.05) is 40.0 Å². The van der Waals surface area contributed by atoms with Crippen LogP contribution in [0.5, 0.6) is 0 Å². The zero-order chi connectivity index (χ0) is 14.3. The van der Waals surface area contributed by atoms with Gasteiger partial charge >= 0.3 is 0 Å². The van der Waals surface area contributed by atoms with Crippen molar-refractivity contribution >= 4 is 15.5 Å². The van der Waals surface area contributed by atoms with E-state index in [1.165, 1.54) is 6.26 Å². The molecule has 19 heavy (non-hydrogen) atoms. The molecule has 0 aromatic heterocycles. The topological polar surface area (TPSA) is 58.6 Å². The van der Waals surface area contributed by atoms with E-state index in [1.54, 1.807) is 19.2 Å². The number of sulfone groups is 1. The highest BCUT2D eigenvalue weighted by Crippen LogP contribution is 2.23. The molecular formula is C13H22N2O3S. The van der Waals surface area contributed by atoms with Crippen LogP contribution in [0, 0.1) is 0 Å². The fourth-order valence-corrected chi connectivity index (χ4v) is 2.68. The van der Waals surface area contributed by atoms with Crippen molar-refractivity contribution in [2.75, 3.05) is 51.6 Å². The summed E-state index contributed by atoms with van der Waals surface area (Å²) < 4.78 is 28.4. The molecule has 0 saturated heterocycles. The lowest BCUT2D eigenvalue weighted by Gasteiger charge is -2.22. The second kappa shape index (κ2) is 7.47. The molecule has 1 N–H and O–H groups in total. The van der Waals surface area contributed by atoms with Crippen LogP contribution in [0.3, 0.4) is 0 Å². The van der Waals surface area contributed by atoms with Gasteiger partial charge in [-0.05, 0) is 12.1 Å². The smallest absolute Gasteiger partial charge is 0.177 e. The molecule has 0 atom stereocenters. The van der Waals surface area contributed by atoms with E-state index in [4.69, 9.17) is 4.74 Å². The summed E-state index contributed by atoms with van der Waals surface area (Å²) in [5.74, 6) is 0. The molecule has 6 heteroatoms. The molecule has 0 amide bonds. The van der Waals surface area contributed by atoms with Crippen LogP contribution >= 0.6 is 0 Å². The van der Waals surface area contributed by atoms with Crippen molar-refractivity contribution in [2.45, 2.75) is 4.90 Å². The average Bonchev–Trinajstić information content (AvgIpc) is 2.37. The van der Waals surface area contributed by atoms with E-state index in [2.05, 4.69) is 5.32 Å². The standard InChI is InChI=1S/C13H22N2O3S/c1-15(10-8-14-9-11-18-2)12-6-4-5-7-13(12)19(3,16)17/h4-7,14H,8-11H2,1-3H3. The minimum atomic E-state index is -3.20. The van der Waals surface area contributed by atoms with Crippen molar-refractivity contribution in [2.24, 2.45) is 0 Å². The Labute approximate surface area is 115 Å². The Balaban J connectivity index is 2.65. The van der Waals surface area contributed by atoms with Crippen molar-refractivity contribution in [3.05, 3.63) is 24.3 Å². The van der Waals surface area contributed by atoms with Crippen LogP contribution in [0.15, 0.2) is 29.2 Å². The predicted molar refractivity (Wildman–Crippen MR) is 77.6 cm³/mol. The van der Waals surface area contributed by atoms with Gasteiger partial charge in [-0.1, -0.05) is 12.1 Å². The zero-order valence-electron chi connectivity index (χ0n) is 11.7. The number of benzene rings is 1. The Morgan fingerprint density at radius 1 is 1.26 bits per heavy atom. The Bertz CT molecular complexity index is 488. The Morgan fingerprint density at radius 2 is 1.95 bits per heavy atom. The zero-order valence-corrected chi connectivity index (χ0v) is 12.5. The lowest BCUT2D eigenvalue weighted by Crippen LogP contribution is -2.31. The van der Waals surface area contributed by atoms with Crippen LogP contribution in [-0.2, 0) is 14.6 Å². The Hall–Kier alpha value is -1.11. The molecule has 0 unspecified atom stereocenters. The third-order valence-electron chi connectivity index (χ3n) is 2.78. The van der Waals surface area contributed by atoms with Gasteiger partial charge in [0.25, 0.3) is 0 Å². The summed E-state index contributed by atoms with van der Waals surface area (Å²) in [7, 11) is 0.354. The van der Waals surface area contributed by atoms with E-state index in [9.17, 15) is 8.42 Å². The molecule has 1 aromatic rings. The van der Waals surface area contributed by atoms with E-state index in [-0.39, 0.29) is 0 Å². The molecule has 0 aliphatic rings. The summed E-state index contributed by atoms with van der Waals surface area (Å²) in [5, 5.41) is 3.23. The Kier molecular flexibility index (Phi) is 6.27. The summed E-state index contributed by atoms with van der Waals surface area (Å²) >= 11 is 0. The maximum Gasteiger partial charge on any atom is 0.177 e. The van der Waals surface area contributed by atoms with Crippen LogP contribution in [0.4, 0.5) is 5.69 Å². The first-order valence-electron chi connectivity index (χ1n) is 6.16. The second-order valence-electron chi connectivity index (χ2n) is 4.40. The van der Waals surface area contributed by atoms with E-state index in [0.29, 0.717) is 11.5 Å². The van der Waals surface area contributed by atoms with Crippen LogP contribution < -0.4 is 10.2 Å². The molecule has 0 heterocycles. The highest BCUT2D eigenvalue weighted by atomic mass is 32.2. The van der Waals surface area contributed by atoms with Gasteiger partial charge in [0.15, 0.2) is 9.84 Å². The molecule has 1 aromatic carbocycles. The van der Waals surface area contributed by atoms with Gasteiger partial charge in [-0.2, -0.15) is 0 Å².